The molecule has 4 rings (SSSR count). The Labute approximate surface area is 240 Å². The highest BCUT2D eigenvalue weighted by Crippen LogP contribution is 2.33. The topological polar surface area (TPSA) is 79.5 Å². The Hall–Kier alpha value is -4.34. The SMILES string of the molecule is COC(=O)C(NCCNc1ccc(NC(=O)c2ccc(Cl)cc2-c2ccc(C(F)(F)F)cc2)cc1)c1ccccc1. The van der Waals surface area contributed by atoms with Crippen molar-refractivity contribution in [1.82, 2.24) is 5.32 Å². The van der Waals surface area contributed by atoms with Crippen LogP contribution in [0.25, 0.3) is 11.1 Å². The Kier molecular flexibility index (Phi) is 9.65. The molecule has 1 atom stereocenters. The van der Waals surface area contributed by atoms with Gasteiger partial charge >= 0.3 is 12.1 Å². The van der Waals surface area contributed by atoms with Gasteiger partial charge in [0.25, 0.3) is 5.91 Å². The second kappa shape index (κ2) is 13.3. The van der Waals surface area contributed by atoms with Gasteiger partial charge in [-0.05, 0) is 71.3 Å². The van der Waals surface area contributed by atoms with E-state index < -0.39 is 23.7 Å². The third kappa shape index (κ3) is 7.87. The highest BCUT2D eigenvalue weighted by molar-refractivity contribution is 6.31. The summed E-state index contributed by atoms with van der Waals surface area (Å²) in [5.74, 6) is -0.810. The Morgan fingerprint density at radius 1 is 0.854 bits per heavy atom. The fourth-order valence-electron chi connectivity index (χ4n) is 4.19. The smallest absolute Gasteiger partial charge is 0.416 e. The number of esters is 1. The second-order valence-electron chi connectivity index (χ2n) is 9.04. The van der Waals surface area contributed by atoms with Crippen molar-refractivity contribution in [2.45, 2.75) is 12.2 Å². The molecule has 1 unspecified atom stereocenters. The van der Waals surface area contributed by atoms with Gasteiger partial charge in [-0.2, -0.15) is 13.2 Å². The van der Waals surface area contributed by atoms with E-state index in [0.717, 1.165) is 23.4 Å². The third-order valence-corrected chi connectivity index (χ3v) is 6.50. The number of methoxy groups -OCH3 is 1. The molecule has 41 heavy (non-hydrogen) atoms. The number of anilines is 2. The van der Waals surface area contributed by atoms with Crippen LogP contribution in [0.2, 0.25) is 5.02 Å². The molecule has 212 valence electrons. The van der Waals surface area contributed by atoms with Gasteiger partial charge in [-0.15, -0.1) is 0 Å². The van der Waals surface area contributed by atoms with Gasteiger partial charge in [0, 0.05) is 35.1 Å². The first-order chi connectivity index (χ1) is 19.7. The fraction of sp³-hybridized carbons (Fsp3) is 0.161. The van der Waals surface area contributed by atoms with Crippen molar-refractivity contribution in [3.63, 3.8) is 0 Å². The largest absolute Gasteiger partial charge is 0.468 e. The van der Waals surface area contributed by atoms with Crippen molar-refractivity contribution in [2.24, 2.45) is 0 Å². The quantitative estimate of drug-likeness (QED) is 0.136. The first-order valence-corrected chi connectivity index (χ1v) is 13.0. The van der Waals surface area contributed by atoms with E-state index in [-0.39, 0.29) is 11.5 Å². The van der Waals surface area contributed by atoms with Crippen molar-refractivity contribution in [2.75, 3.05) is 30.8 Å². The van der Waals surface area contributed by atoms with E-state index in [1.165, 1.54) is 25.3 Å². The molecule has 0 fully saturated rings. The predicted octanol–water partition coefficient (Wildman–Crippen LogP) is 7.19. The van der Waals surface area contributed by atoms with Gasteiger partial charge in [-0.25, -0.2) is 4.79 Å². The van der Waals surface area contributed by atoms with Crippen LogP contribution in [0.3, 0.4) is 0 Å². The van der Waals surface area contributed by atoms with Crippen LogP contribution in [0.1, 0.15) is 27.5 Å². The minimum absolute atomic E-state index is 0.265. The van der Waals surface area contributed by atoms with Gasteiger partial charge in [0.1, 0.15) is 6.04 Å². The molecule has 0 aliphatic heterocycles. The van der Waals surface area contributed by atoms with E-state index in [0.29, 0.717) is 34.9 Å². The molecule has 0 aromatic heterocycles. The van der Waals surface area contributed by atoms with Crippen molar-refractivity contribution < 1.29 is 27.5 Å². The standard InChI is InChI=1S/C31H27ClF3N3O3/c1-41-30(40)28(21-5-3-2-4-6-21)37-18-17-36-24-12-14-25(15-13-24)38-29(39)26-16-11-23(32)19-27(26)20-7-9-22(10-8-20)31(33,34)35/h2-16,19,28,36-37H,17-18H2,1H3,(H,38,39). The first kappa shape index (κ1) is 29.6. The second-order valence-corrected chi connectivity index (χ2v) is 9.48. The van der Waals surface area contributed by atoms with Crippen LogP contribution >= 0.6 is 11.6 Å². The maximum absolute atomic E-state index is 13.1. The summed E-state index contributed by atoms with van der Waals surface area (Å²) in [4.78, 5) is 25.3. The van der Waals surface area contributed by atoms with Crippen LogP contribution in [-0.4, -0.2) is 32.1 Å². The summed E-state index contributed by atoms with van der Waals surface area (Å²) in [5, 5.41) is 9.60. The lowest BCUT2D eigenvalue weighted by molar-refractivity contribution is -0.143. The average molecular weight is 582 g/mol. The van der Waals surface area contributed by atoms with Crippen LogP contribution in [0.15, 0.2) is 97.1 Å². The molecule has 4 aromatic rings. The molecule has 0 spiro atoms. The summed E-state index contributed by atoms with van der Waals surface area (Å²) in [7, 11) is 1.35. The molecule has 3 N–H and O–H groups in total. The molecule has 0 aliphatic rings. The monoisotopic (exact) mass is 581 g/mol. The zero-order chi connectivity index (χ0) is 29.4. The highest BCUT2D eigenvalue weighted by Gasteiger charge is 2.30. The van der Waals surface area contributed by atoms with Gasteiger partial charge in [-0.1, -0.05) is 54.1 Å². The first-order valence-electron chi connectivity index (χ1n) is 12.6. The maximum Gasteiger partial charge on any atom is 0.416 e. The number of amides is 1. The summed E-state index contributed by atoms with van der Waals surface area (Å²) in [6.45, 7) is 1.00. The van der Waals surface area contributed by atoms with Crippen LogP contribution < -0.4 is 16.0 Å². The zero-order valence-electron chi connectivity index (χ0n) is 22.0. The van der Waals surface area contributed by atoms with E-state index in [9.17, 15) is 22.8 Å². The van der Waals surface area contributed by atoms with E-state index >= 15 is 0 Å². The molecule has 0 saturated carbocycles. The lowest BCUT2D eigenvalue weighted by Gasteiger charge is -2.17. The van der Waals surface area contributed by atoms with Crippen LogP contribution in [0, 0.1) is 0 Å². The summed E-state index contributed by atoms with van der Waals surface area (Å²) >= 11 is 6.13. The maximum atomic E-state index is 13.1. The summed E-state index contributed by atoms with van der Waals surface area (Å²) < 4.78 is 43.9. The molecule has 0 radical (unpaired) electrons. The number of hydrogen-bond acceptors (Lipinski definition) is 5. The zero-order valence-corrected chi connectivity index (χ0v) is 22.7. The minimum Gasteiger partial charge on any atom is -0.468 e. The van der Waals surface area contributed by atoms with Gasteiger partial charge < -0.3 is 15.4 Å². The molecule has 4 aromatic carbocycles. The molecule has 0 heterocycles. The Bertz CT molecular complexity index is 1480. The number of alkyl halides is 3. The van der Waals surface area contributed by atoms with Crippen LogP contribution in [0.4, 0.5) is 24.5 Å². The number of halogens is 4. The van der Waals surface area contributed by atoms with E-state index in [1.807, 2.05) is 30.3 Å². The fourth-order valence-corrected chi connectivity index (χ4v) is 4.36. The summed E-state index contributed by atoms with van der Waals surface area (Å²) in [6, 6.07) is 24.9. The van der Waals surface area contributed by atoms with Gasteiger partial charge in [0.05, 0.1) is 12.7 Å². The number of hydrogen-bond donors (Lipinski definition) is 3. The molecule has 0 bridgehead atoms. The predicted molar refractivity (Wildman–Crippen MR) is 154 cm³/mol. The van der Waals surface area contributed by atoms with Crippen LogP contribution in [-0.2, 0) is 15.7 Å². The average Bonchev–Trinajstić information content (AvgIpc) is 2.97. The molecule has 0 aliphatic carbocycles. The lowest BCUT2D eigenvalue weighted by Crippen LogP contribution is -2.33. The van der Waals surface area contributed by atoms with Crippen molar-refractivity contribution in [1.29, 1.82) is 0 Å². The lowest BCUT2D eigenvalue weighted by atomic mass is 9.98. The van der Waals surface area contributed by atoms with Crippen LogP contribution in [0.5, 0.6) is 0 Å². The number of carbonyl (C=O) groups excluding carboxylic acids is 2. The van der Waals surface area contributed by atoms with Gasteiger partial charge in [0.15, 0.2) is 0 Å². The Balaban J connectivity index is 1.36. The van der Waals surface area contributed by atoms with Gasteiger partial charge in [0.2, 0.25) is 0 Å². The number of rotatable bonds is 10. The molecular weight excluding hydrogens is 555 g/mol. The number of ether oxygens (including phenoxy) is 1. The Morgan fingerprint density at radius 2 is 1.51 bits per heavy atom. The minimum atomic E-state index is -4.46. The highest BCUT2D eigenvalue weighted by atomic mass is 35.5. The van der Waals surface area contributed by atoms with E-state index in [1.54, 1.807) is 36.4 Å². The Morgan fingerprint density at radius 3 is 2.15 bits per heavy atom. The number of nitrogens with one attached hydrogen (secondary N) is 3. The molecule has 1 amide bonds. The molecule has 0 saturated heterocycles. The van der Waals surface area contributed by atoms with Crippen molar-refractivity contribution >= 4 is 34.9 Å². The van der Waals surface area contributed by atoms with Crippen molar-refractivity contribution in [3.8, 4) is 11.1 Å². The summed E-state index contributed by atoms with van der Waals surface area (Å²) in [6.07, 6.45) is -4.46. The van der Waals surface area contributed by atoms with Crippen molar-refractivity contribution in [3.05, 3.63) is 119 Å². The van der Waals surface area contributed by atoms with E-state index in [4.69, 9.17) is 16.3 Å². The third-order valence-electron chi connectivity index (χ3n) is 6.26. The molecule has 6 nitrogen and oxygen atoms in total. The molecule has 10 heteroatoms. The normalized spacial score (nSPS) is 11.9. The van der Waals surface area contributed by atoms with E-state index in [2.05, 4.69) is 16.0 Å². The van der Waals surface area contributed by atoms with Gasteiger partial charge in [-0.3, -0.25) is 10.1 Å². The summed E-state index contributed by atoms with van der Waals surface area (Å²) in [5.41, 5.74) is 2.47. The molecular formula is C31H27ClF3N3O3. The number of benzene rings is 4. The number of carbonyl (C=O) groups is 2.